The first-order valence-corrected chi connectivity index (χ1v) is 9.19. The van der Waals surface area contributed by atoms with Crippen molar-refractivity contribution in [1.82, 2.24) is 4.90 Å². The monoisotopic (exact) mass is 369 g/mol. The van der Waals surface area contributed by atoms with Crippen molar-refractivity contribution < 1.29 is 14.3 Å². The van der Waals surface area contributed by atoms with Gasteiger partial charge in [0.15, 0.2) is 11.5 Å². The Morgan fingerprint density at radius 1 is 0.963 bits per heavy atom. The molecule has 1 aliphatic rings. The number of amides is 1. The summed E-state index contributed by atoms with van der Waals surface area (Å²) in [6.07, 6.45) is 0. The molecule has 1 atom stereocenters. The third-order valence-electron chi connectivity index (χ3n) is 5.01. The summed E-state index contributed by atoms with van der Waals surface area (Å²) in [5.74, 6) is 1.22. The highest BCUT2D eigenvalue weighted by Crippen LogP contribution is 2.29. The SMILES string of the molecule is COc1ccc(NC(=O)[C@@H](C)N2CCN(c3ccccc3)CC2)cc1OC. The number of hydrogen-bond acceptors (Lipinski definition) is 5. The van der Waals surface area contributed by atoms with Gasteiger partial charge in [0.25, 0.3) is 0 Å². The number of nitrogens with zero attached hydrogens (tertiary/aromatic N) is 2. The largest absolute Gasteiger partial charge is 0.493 e. The van der Waals surface area contributed by atoms with Crippen LogP contribution < -0.4 is 19.7 Å². The van der Waals surface area contributed by atoms with E-state index < -0.39 is 0 Å². The number of para-hydroxylation sites is 1. The summed E-state index contributed by atoms with van der Waals surface area (Å²) in [6.45, 7) is 5.50. The minimum Gasteiger partial charge on any atom is -0.493 e. The number of benzene rings is 2. The molecule has 27 heavy (non-hydrogen) atoms. The molecule has 0 aromatic heterocycles. The summed E-state index contributed by atoms with van der Waals surface area (Å²) in [5, 5.41) is 2.98. The van der Waals surface area contributed by atoms with Crippen LogP contribution in [0.1, 0.15) is 6.92 Å². The summed E-state index contributed by atoms with van der Waals surface area (Å²) in [7, 11) is 3.17. The Morgan fingerprint density at radius 2 is 1.63 bits per heavy atom. The van der Waals surface area contributed by atoms with Gasteiger partial charge in [0.1, 0.15) is 0 Å². The van der Waals surface area contributed by atoms with Crippen LogP contribution in [0, 0.1) is 0 Å². The van der Waals surface area contributed by atoms with Crippen molar-refractivity contribution in [2.75, 3.05) is 50.6 Å². The van der Waals surface area contributed by atoms with Gasteiger partial charge in [-0.25, -0.2) is 0 Å². The molecule has 6 nitrogen and oxygen atoms in total. The highest BCUT2D eigenvalue weighted by molar-refractivity contribution is 5.94. The predicted octanol–water partition coefficient (Wildman–Crippen LogP) is 2.85. The molecule has 3 rings (SSSR count). The molecule has 0 spiro atoms. The topological polar surface area (TPSA) is 54.0 Å². The van der Waals surface area contributed by atoms with E-state index in [1.165, 1.54) is 5.69 Å². The second-order valence-corrected chi connectivity index (χ2v) is 6.59. The van der Waals surface area contributed by atoms with Crippen LogP contribution in [-0.4, -0.2) is 57.2 Å². The van der Waals surface area contributed by atoms with E-state index in [4.69, 9.17) is 9.47 Å². The van der Waals surface area contributed by atoms with Gasteiger partial charge in [0.05, 0.1) is 20.3 Å². The molecule has 0 saturated carbocycles. The highest BCUT2D eigenvalue weighted by Gasteiger charge is 2.25. The van der Waals surface area contributed by atoms with Crippen molar-refractivity contribution in [3.05, 3.63) is 48.5 Å². The Kier molecular flexibility index (Phi) is 6.19. The summed E-state index contributed by atoms with van der Waals surface area (Å²) in [6, 6.07) is 15.6. The normalized spacial score (nSPS) is 15.9. The lowest BCUT2D eigenvalue weighted by Crippen LogP contribution is -2.52. The second-order valence-electron chi connectivity index (χ2n) is 6.59. The Balaban J connectivity index is 1.57. The number of carbonyl (C=O) groups excluding carboxylic acids is 1. The Morgan fingerprint density at radius 3 is 2.26 bits per heavy atom. The van der Waals surface area contributed by atoms with Crippen molar-refractivity contribution in [3.63, 3.8) is 0 Å². The average molecular weight is 369 g/mol. The maximum absolute atomic E-state index is 12.7. The minimum atomic E-state index is -0.198. The number of piperazine rings is 1. The van der Waals surface area contributed by atoms with E-state index in [0.29, 0.717) is 17.2 Å². The summed E-state index contributed by atoms with van der Waals surface area (Å²) in [4.78, 5) is 17.3. The van der Waals surface area contributed by atoms with Crippen LogP contribution in [0.15, 0.2) is 48.5 Å². The van der Waals surface area contributed by atoms with Crippen molar-refractivity contribution in [2.24, 2.45) is 0 Å². The number of rotatable bonds is 6. The predicted molar refractivity (Wildman–Crippen MR) is 108 cm³/mol. The van der Waals surface area contributed by atoms with Gasteiger partial charge in [0, 0.05) is 43.6 Å². The van der Waals surface area contributed by atoms with E-state index in [1.807, 2.05) is 19.1 Å². The third-order valence-corrected chi connectivity index (χ3v) is 5.01. The van der Waals surface area contributed by atoms with Crippen molar-refractivity contribution in [1.29, 1.82) is 0 Å². The molecule has 144 valence electrons. The molecule has 0 radical (unpaired) electrons. The molecule has 1 fully saturated rings. The maximum atomic E-state index is 12.7. The van der Waals surface area contributed by atoms with Crippen molar-refractivity contribution >= 4 is 17.3 Å². The molecule has 1 heterocycles. The lowest BCUT2D eigenvalue weighted by atomic mass is 10.2. The standard InChI is InChI=1S/C21H27N3O3/c1-16(21(25)22-17-9-10-19(26-2)20(15-17)27-3)23-11-13-24(14-12-23)18-7-5-4-6-8-18/h4-10,15-16H,11-14H2,1-3H3,(H,22,25)/t16-/m1/s1. The minimum absolute atomic E-state index is 0.0182. The summed E-state index contributed by atoms with van der Waals surface area (Å²) < 4.78 is 10.5. The maximum Gasteiger partial charge on any atom is 0.241 e. The van der Waals surface area contributed by atoms with Crippen LogP contribution in [0.3, 0.4) is 0 Å². The van der Waals surface area contributed by atoms with Gasteiger partial charge >= 0.3 is 0 Å². The zero-order valence-corrected chi connectivity index (χ0v) is 16.1. The van der Waals surface area contributed by atoms with Gasteiger partial charge in [0.2, 0.25) is 5.91 Å². The fourth-order valence-electron chi connectivity index (χ4n) is 3.33. The molecule has 0 unspecified atom stereocenters. The zero-order chi connectivity index (χ0) is 19.2. The van der Waals surface area contributed by atoms with E-state index >= 15 is 0 Å². The lowest BCUT2D eigenvalue weighted by Gasteiger charge is -2.38. The van der Waals surface area contributed by atoms with Gasteiger partial charge in [-0.2, -0.15) is 0 Å². The molecule has 1 saturated heterocycles. The smallest absolute Gasteiger partial charge is 0.241 e. The first-order chi connectivity index (χ1) is 13.1. The molecule has 0 bridgehead atoms. The van der Waals surface area contributed by atoms with Gasteiger partial charge in [-0.3, -0.25) is 9.69 Å². The molecule has 2 aromatic rings. The Bertz CT molecular complexity index is 759. The molecule has 1 amide bonds. The molecular weight excluding hydrogens is 342 g/mol. The van der Waals surface area contributed by atoms with Gasteiger partial charge in [-0.05, 0) is 31.2 Å². The molecule has 1 aliphatic heterocycles. The Labute approximate surface area is 160 Å². The van der Waals surface area contributed by atoms with Crippen LogP contribution in [0.2, 0.25) is 0 Å². The van der Waals surface area contributed by atoms with E-state index in [1.54, 1.807) is 26.4 Å². The fraction of sp³-hybridized carbons (Fsp3) is 0.381. The number of methoxy groups -OCH3 is 2. The number of ether oxygens (including phenoxy) is 2. The number of carbonyl (C=O) groups is 1. The van der Waals surface area contributed by atoms with Gasteiger partial charge in [-0.15, -0.1) is 0 Å². The Hall–Kier alpha value is -2.73. The van der Waals surface area contributed by atoms with Crippen molar-refractivity contribution in [2.45, 2.75) is 13.0 Å². The summed E-state index contributed by atoms with van der Waals surface area (Å²) in [5.41, 5.74) is 1.94. The van der Waals surface area contributed by atoms with Crippen LogP contribution in [0.4, 0.5) is 11.4 Å². The summed E-state index contributed by atoms with van der Waals surface area (Å²) >= 11 is 0. The van der Waals surface area contributed by atoms with Gasteiger partial charge in [-0.1, -0.05) is 18.2 Å². The van der Waals surface area contributed by atoms with E-state index in [2.05, 4.69) is 39.4 Å². The quantitative estimate of drug-likeness (QED) is 0.849. The van der Waals surface area contributed by atoms with E-state index in [-0.39, 0.29) is 11.9 Å². The number of nitrogens with one attached hydrogen (secondary N) is 1. The van der Waals surface area contributed by atoms with E-state index in [9.17, 15) is 4.79 Å². The molecule has 1 N–H and O–H groups in total. The van der Waals surface area contributed by atoms with E-state index in [0.717, 1.165) is 26.2 Å². The number of anilines is 2. The molecule has 0 aliphatic carbocycles. The van der Waals surface area contributed by atoms with Crippen LogP contribution >= 0.6 is 0 Å². The third kappa shape index (κ3) is 4.52. The lowest BCUT2D eigenvalue weighted by molar-refractivity contribution is -0.120. The highest BCUT2D eigenvalue weighted by atomic mass is 16.5. The number of hydrogen-bond donors (Lipinski definition) is 1. The average Bonchev–Trinajstić information content (AvgIpc) is 2.73. The van der Waals surface area contributed by atoms with Crippen LogP contribution in [0.5, 0.6) is 11.5 Å². The zero-order valence-electron chi connectivity index (χ0n) is 16.1. The van der Waals surface area contributed by atoms with Crippen LogP contribution in [0.25, 0.3) is 0 Å². The second kappa shape index (κ2) is 8.77. The van der Waals surface area contributed by atoms with Crippen molar-refractivity contribution in [3.8, 4) is 11.5 Å². The fourth-order valence-corrected chi connectivity index (χ4v) is 3.33. The van der Waals surface area contributed by atoms with Gasteiger partial charge < -0.3 is 19.7 Å². The first kappa shape index (κ1) is 19.0. The first-order valence-electron chi connectivity index (χ1n) is 9.19. The molecule has 6 heteroatoms. The van der Waals surface area contributed by atoms with Crippen LogP contribution in [-0.2, 0) is 4.79 Å². The molecule has 2 aromatic carbocycles. The molecular formula is C21H27N3O3.